The highest BCUT2D eigenvalue weighted by molar-refractivity contribution is 6.00. The summed E-state index contributed by atoms with van der Waals surface area (Å²) in [5.41, 5.74) is 0.317. The molecule has 0 saturated heterocycles. The van der Waals surface area contributed by atoms with Crippen LogP contribution in [0.1, 0.15) is 150 Å². The van der Waals surface area contributed by atoms with Crippen molar-refractivity contribution in [1.29, 1.82) is 0 Å². The van der Waals surface area contributed by atoms with Gasteiger partial charge < -0.3 is 26.0 Å². The van der Waals surface area contributed by atoms with Crippen LogP contribution in [0.2, 0.25) is 0 Å². The smallest absolute Gasteiger partial charge is 0.335 e. The highest BCUT2D eigenvalue weighted by Gasteiger charge is 2.14. The summed E-state index contributed by atoms with van der Waals surface area (Å²) < 4.78 is 0. The van der Waals surface area contributed by atoms with Crippen molar-refractivity contribution in [3.63, 3.8) is 0 Å². The zero-order chi connectivity index (χ0) is 31.9. The van der Waals surface area contributed by atoms with Crippen LogP contribution in [0, 0.1) is 5.92 Å². The number of amides is 2. The number of carboxylic acid groups (broad SMARTS) is 3. The first kappa shape index (κ1) is 37.6. The first-order chi connectivity index (χ1) is 20.6. The van der Waals surface area contributed by atoms with Crippen LogP contribution in [-0.2, 0) is 14.4 Å². The number of nitrogens with one attached hydrogen (secondary N) is 2. The van der Waals surface area contributed by atoms with E-state index >= 15 is 0 Å². The first-order valence-corrected chi connectivity index (χ1v) is 16.0. The van der Waals surface area contributed by atoms with Crippen LogP contribution in [0.5, 0.6) is 0 Å². The molecule has 1 rings (SSSR count). The van der Waals surface area contributed by atoms with E-state index < -0.39 is 29.7 Å². The van der Waals surface area contributed by atoms with Crippen molar-refractivity contribution in [3.05, 3.63) is 29.3 Å². The number of benzene rings is 1. The topological polar surface area (TPSA) is 170 Å². The molecule has 0 aliphatic rings. The quantitative estimate of drug-likeness (QED) is 0.0687. The molecule has 0 aliphatic heterocycles. The predicted octanol–water partition coefficient (Wildman–Crippen LogP) is 7.27. The number of hydrogen-bond acceptors (Lipinski definition) is 5. The lowest BCUT2D eigenvalue weighted by atomic mass is 10.0. The normalized spacial score (nSPS) is 11.6. The van der Waals surface area contributed by atoms with Crippen LogP contribution < -0.4 is 10.6 Å². The van der Waals surface area contributed by atoms with Gasteiger partial charge in [-0.2, -0.15) is 0 Å². The number of carbonyl (C=O) groups excluding carboxylic acids is 2. The molecule has 1 aromatic carbocycles. The third-order valence-electron chi connectivity index (χ3n) is 7.54. The van der Waals surface area contributed by atoms with Crippen molar-refractivity contribution >= 4 is 35.4 Å². The monoisotopic (exact) mass is 604 g/mol. The van der Waals surface area contributed by atoms with E-state index in [0.29, 0.717) is 32.2 Å². The molecule has 0 bridgehead atoms. The summed E-state index contributed by atoms with van der Waals surface area (Å²) in [6.45, 7) is 1.97. The van der Waals surface area contributed by atoms with Gasteiger partial charge in [0.25, 0.3) is 5.91 Å². The van der Waals surface area contributed by atoms with Gasteiger partial charge >= 0.3 is 17.9 Å². The molecule has 1 atom stereocenters. The Morgan fingerprint density at radius 2 is 1.12 bits per heavy atom. The molecule has 0 fully saturated rings. The van der Waals surface area contributed by atoms with Crippen LogP contribution in [0.25, 0.3) is 0 Å². The highest BCUT2D eigenvalue weighted by atomic mass is 16.4. The lowest BCUT2D eigenvalue weighted by Gasteiger charge is -2.11. The minimum Gasteiger partial charge on any atom is -0.481 e. The van der Waals surface area contributed by atoms with Gasteiger partial charge in [0.05, 0.1) is 11.5 Å². The summed E-state index contributed by atoms with van der Waals surface area (Å²) >= 11 is 0. The van der Waals surface area contributed by atoms with Crippen LogP contribution in [-0.4, -0.2) is 51.6 Å². The Bertz CT molecular complexity index is 1010. The number of aromatic carboxylic acids is 1. The SMILES string of the molecule is C[C@@H](CCCCNC(=O)c1cc(NC(=O)CCCCCCCCCCCCCCCCC(=O)O)cc(C(=O)O)c1)C(=O)O. The van der Waals surface area contributed by atoms with Crippen molar-refractivity contribution < 1.29 is 39.3 Å². The second-order valence-electron chi connectivity index (χ2n) is 11.5. The molecule has 2 amide bonds. The van der Waals surface area contributed by atoms with Crippen LogP contribution in [0.15, 0.2) is 18.2 Å². The van der Waals surface area contributed by atoms with Gasteiger partial charge in [0.1, 0.15) is 0 Å². The Morgan fingerprint density at radius 3 is 1.60 bits per heavy atom. The number of hydrogen-bond donors (Lipinski definition) is 5. The van der Waals surface area contributed by atoms with Crippen LogP contribution in [0.4, 0.5) is 5.69 Å². The third-order valence-corrected chi connectivity index (χ3v) is 7.54. The fourth-order valence-corrected chi connectivity index (χ4v) is 4.86. The number of aliphatic carboxylic acids is 2. The molecule has 43 heavy (non-hydrogen) atoms. The van der Waals surface area contributed by atoms with E-state index in [-0.39, 0.29) is 29.1 Å². The highest BCUT2D eigenvalue weighted by Crippen LogP contribution is 2.18. The fourth-order valence-electron chi connectivity index (χ4n) is 4.86. The predicted molar refractivity (Wildman–Crippen MR) is 167 cm³/mol. The van der Waals surface area contributed by atoms with Gasteiger partial charge in [-0.05, 0) is 43.9 Å². The average molecular weight is 605 g/mol. The number of unbranched alkanes of at least 4 members (excludes halogenated alkanes) is 14. The summed E-state index contributed by atoms with van der Waals surface area (Å²) in [6.07, 6.45) is 17.7. The van der Waals surface area contributed by atoms with Crippen molar-refractivity contribution in [2.45, 2.75) is 129 Å². The molecule has 10 heteroatoms. The molecule has 0 aliphatic carbocycles. The summed E-state index contributed by atoms with van der Waals surface area (Å²) in [6, 6.07) is 4.08. The van der Waals surface area contributed by atoms with Gasteiger partial charge in [0, 0.05) is 30.6 Å². The number of carbonyl (C=O) groups is 5. The Morgan fingerprint density at radius 1 is 0.628 bits per heavy atom. The Labute approximate surface area is 256 Å². The van der Waals surface area contributed by atoms with Gasteiger partial charge in [-0.1, -0.05) is 90.4 Å². The van der Waals surface area contributed by atoms with E-state index in [9.17, 15) is 29.1 Å². The molecule has 0 aromatic heterocycles. The van der Waals surface area contributed by atoms with Crippen molar-refractivity contribution in [2.75, 3.05) is 11.9 Å². The van der Waals surface area contributed by atoms with E-state index in [1.807, 2.05) is 0 Å². The molecular formula is C33H52N2O8. The van der Waals surface area contributed by atoms with Crippen molar-refractivity contribution in [1.82, 2.24) is 5.32 Å². The minimum absolute atomic E-state index is 0.0915. The fraction of sp³-hybridized carbons (Fsp3) is 0.667. The van der Waals surface area contributed by atoms with Gasteiger partial charge in [0.2, 0.25) is 5.91 Å². The minimum atomic E-state index is -1.20. The third kappa shape index (κ3) is 19.4. The van der Waals surface area contributed by atoms with Crippen LogP contribution in [0.3, 0.4) is 0 Å². The molecule has 10 nitrogen and oxygen atoms in total. The van der Waals surface area contributed by atoms with Gasteiger partial charge in [0.15, 0.2) is 0 Å². The summed E-state index contributed by atoms with van der Waals surface area (Å²) in [5, 5.41) is 32.5. The van der Waals surface area contributed by atoms with Gasteiger partial charge in [-0.15, -0.1) is 0 Å². The van der Waals surface area contributed by atoms with E-state index in [2.05, 4.69) is 10.6 Å². The zero-order valence-electron chi connectivity index (χ0n) is 25.8. The molecule has 0 radical (unpaired) electrons. The molecule has 242 valence electrons. The second-order valence-corrected chi connectivity index (χ2v) is 11.5. The maximum Gasteiger partial charge on any atom is 0.335 e. The Balaban J connectivity index is 2.22. The summed E-state index contributed by atoms with van der Waals surface area (Å²) in [5.74, 6) is -3.86. The van der Waals surface area contributed by atoms with Gasteiger partial charge in [-0.3, -0.25) is 19.2 Å². The lowest BCUT2D eigenvalue weighted by molar-refractivity contribution is -0.141. The van der Waals surface area contributed by atoms with E-state index in [4.69, 9.17) is 10.2 Å². The maximum absolute atomic E-state index is 12.6. The first-order valence-electron chi connectivity index (χ1n) is 16.0. The van der Waals surface area contributed by atoms with Gasteiger partial charge in [-0.25, -0.2) is 4.79 Å². The van der Waals surface area contributed by atoms with Crippen molar-refractivity contribution in [3.8, 4) is 0 Å². The second kappa shape index (κ2) is 23.1. The lowest BCUT2D eigenvalue weighted by Crippen LogP contribution is -2.25. The van der Waals surface area contributed by atoms with Crippen LogP contribution >= 0.6 is 0 Å². The molecule has 0 saturated carbocycles. The van der Waals surface area contributed by atoms with E-state index in [0.717, 1.165) is 44.9 Å². The standard InChI is InChI=1S/C33H52N2O8/c1-25(32(40)41)18-16-17-21-34-31(39)26-22-27(33(42)43)24-28(23-26)35-29(36)19-14-12-10-8-6-4-2-3-5-7-9-11-13-15-20-30(37)38/h22-25H,2-21H2,1H3,(H,34,39)(H,35,36)(H,37,38)(H,40,41)(H,42,43)/t25-/m0/s1. The Kier molecular flexibility index (Phi) is 20.2. The molecule has 0 heterocycles. The van der Waals surface area contributed by atoms with Crippen molar-refractivity contribution in [2.24, 2.45) is 5.92 Å². The summed E-state index contributed by atoms with van der Waals surface area (Å²) in [4.78, 5) is 58.0. The molecule has 0 unspecified atom stereocenters. The summed E-state index contributed by atoms with van der Waals surface area (Å²) in [7, 11) is 0. The zero-order valence-corrected chi connectivity index (χ0v) is 25.8. The molecule has 5 N–H and O–H groups in total. The maximum atomic E-state index is 12.6. The average Bonchev–Trinajstić information content (AvgIpc) is 2.96. The number of carboxylic acids is 3. The van der Waals surface area contributed by atoms with E-state index in [1.54, 1.807) is 6.92 Å². The van der Waals surface area contributed by atoms with E-state index in [1.165, 1.54) is 63.1 Å². The Hall–Kier alpha value is -3.43. The molecule has 0 spiro atoms. The largest absolute Gasteiger partial charge is 0.481 e. The molecular weight excluding hydrogens is 552 g/mol. The number of anilines is 1. The molecule has 1 aromatic rings. The number of rotatable bonds is 26.